The Balaban J connectivity index is 1.97. The molecule has 0 aliphatic rings. The van der Waals surface area contributed by atoms with E-state index in [-0.39, 0.29) is 0 Å². The van der Waals surface area contributed by atoms with Gasteiger partial charge in [-0.15, -0.1) is 0 Å². The molecule has 0 aromatic carbocycles. The minimum absolute atomic E-state index is 0.311. The van der Waals surface area contributed by atoms with Crippen molar-refractivity contribution in [3.63, 3.8) is 0 Å². The number of pyridine rings is 2. The fourth-order valence-corrected chi connectivity index (χ4v) is 1.83. The van der Waals surface area contributed by atoms with Gasteiger partial charge in [-0.2, -0.15) is 0 Å². The summed E-state index contributed by atoms with van der Waals surface area (Å²) in [6.07, 6.45) is 5.82. The minimum Gasteiger partial charge on any atom is -0.462 e. The number of aromatic nitrogens is 2. The predicted molar refractivity (Wildman–Crippen MR) is 81.0 cm³/mol. The molecule has 0 saturated heterocycles. The van der Waals surface area contributed by atoms with Crippen molar-refractivity contribution in [3.8, 4) is 0 Å². The van der Waals surface area contributed by atoms with E-state index in [1.165, 1.54) is 11.8 Å². The van der Waals surface area contributed by atoms with Crippen molar-refractivity contribution in [2.45, 2.75) is 13.3 Å². The van der Waals surface area contributed by atoms with Gasteiger partial charge in [0.15, 0.2) is 0 Å². The molecule has 0 radical (unpaired) electrons. The molecule has 0 aliphatic heterocycles. The Morgan fingerprint density at radius 3 is 2.86 bits per heavy atom. The van der Waals surface area contributed by atoms with E-state index in [1.807, 2.05) is 12.1 Å². The number of carbonyl (C=O) groups excluding carboxylic acids is 1. The zero-order valence-electron chi connectivity index (χ0n) is 11.9. The van der Waals surface area contributed by atoms with E-state index in [0.29, 0.717) is 30.2 Å². The molecule has 21 heavy (non-hydrogen) atoms. The number of nitrogen functional groups attached to an aromatic ring is 1. The predicted octanol–water partition coefficient (Wildman–Crippen LogP) is 1.89. The van der Waals surface area contributed by atoms with Gasteiger partial charge in [0.25, 0.3) is 0 Å². The molecule has 0 saturated carbocycles. The summed E-state index contributed by atoms with van der Waals surface area (Å²) in [5, 5.41) is 3.16. The van der Waals surface area contributed by atoms with Gasteiger partial charge in [-0.05, 0) is 37.1 Å². The first-order valence-electron chi connectivity index (χ1n) is 6.76. The molecule has 2 heterocycles. The van der Waals surface area contributed by atoms with E-state index in [4.69, 9.17) is 10.5 Å². The first-order valence-corrected chi connectivity index (χ1v) is 6.76. The highest BCUT2D eigenvalue weighted by molar-refractivity contribution is 5.95. The second-order valence-corrected chi connectivity index (χ2v) is 4.41. The lowest BCUT2D eigenvalue weighted by molar-refractivity contribution is 0.0527. The van der Waals surface area contributed by atoms with Crippen LogP contribution in [-0.2, 0) is 11.2 Å². The van der Waals surface area contributed by atoms with Crippen molar-refractivity contribution in [3.05, 3.63) is 47.9 Å². The Kier molecular flexibility index (Phi) is 5.09. The number of ether oxygens (including phenoxy) is 1. The van der Waals surface area contributed by atoms with Crippen LogP contribution in [0.1, 0.15) is 22.8 Å². The maximum absolute atomic E-state index is 11.7. The SMILES string of the molecule is CCOC(=O)c1cc(NCCc2ccncc2)ncc1N. The number of hydrogen-bond donors (Lipinski definition) is 2. The van der Waals surface area contributed by atoms with E-state index in [9.17, 15) is 4.79 Å². The van der Waals surface area contributed by atoms with Crippen LogP contribution in [0.3, 0.4) is 0 Å². The van der Waals surface area contributed by atoms with E-state index in [0.717, 1.165) is 6.42 Å². The lowest BCUT2D eigenvalue weighted by Crippen LogP contribution is -2.11. The Labute approximate surface area is 123 Å². The number of anilines is 2. The lowest BCUT2D eigenvalue weighted by atomic mass is 10.2. The Morgan fingerprint density at radius 1 is 1.38 bits per heavy atom. The molecule has 0 atom stereocenters. The van der Waals surface area contributed by atoms with Crippen LogP contribution in [0.5, 0.6) is 0 Å². The summed E-state index contributed by atoms with van der Waals surface area (Å²) < 4.78 is 4.96. The molecule has 6 nitrogen and oxygen atoms in total. The van der Waals surface area contributed by atoms with Gasteiger partial charge in [-0.25, -0.2) is 9.78 Å². The molecular formula is C15H18N4O2. The molecule has 3 N–H and O–H groups in total. The maximum atomic E-state index is 11.7. The maximum Gasteiger partial charge on any atom is 0.340 e. The standard InChI is InChI=1S/C15H18N4O2/c1-2-21-15(20)12-9-14(19-10-13(12)16)18-8-5-11-3-6-17-7-4-11/h3-4,6-7,9-10H,2,5,8,16H2,1H3,(H,18,19). The van der Waals surface area contributed by atoms with Gasteiger partial charge >= 0.3 is 5.97 Å². The summed E-state index contributed by atoms with van der Waals surface area (Å²) in [7, 11) is 0. The lowest BCUT2D eigenvalue weighted by Gasteiger charge is -2.09. The highest BCUT2D eigenvalue weighted by Crippen LogP contribution is 2.16. The fourth-order valence-electron chi connectivity index (χ4n) is 1.83. The Bertz CT molecular complexity index is 602. The van der Waals surface area contributed by atoms with Crippen LogP contribution in [0.4, 0.5) is 11.5 Å². The average Bonchev–Trinajstić information content (AvgIpc) is 2.50. The van der Waals surface area contributed by atoms with Crippen LogP contribution in [0.25, 0.3) is 0 Å². The second kappa shape index (κ2) is 7.23. The van der Waals surface area contributed by atoms with Crippen LogP contribution in [0, 0.1) is 0 Å². The van der Waals surface area contributed by atoms with E-state index < -0.39 is 5.97 Å². The van der Waals surface area contributed by atoms with Crippen molar-refractivity contribution in [2.24, 2.45) is 0 Å². The molecule has 6 heteroatoms. The third kappa shape index (κ3) is 4.17. The van der Waals surface area contributed by atoms with Gasteiger partial charge in [0.05, 0.1) is 24.1 Å². The first-order chi connectivity index (χ1) is 10.2. The molecule has 110 valence electrons. The number of nitrogens with two attached hydrogens (primary N) is 1. The van der Waals surface area contributed by atoms with E-state index >= 15 is 0 Å². The van der Waals surface area contributed by atoms with Crippen molar-refractivity contribution < 1.29 is 9.53 Å². The zero-order chi connectivity index (χ0) is 15.1. The summed E-state index contributed by atoms with van der Waals surface area (Å²) in [6.45, 7) is 2.76. The molecule has 0 aliphatic carbocycles. The van der Waals surface area contributed by atoms with Crippen LogP contribution in [0.15, 0.2) is 36.8 Å². The summed E-state index contributed by atoms with van der Waals surface area (Å²) in [5.41, 5.74) is 7.57. The average molecular weight is 286 g/mol. The van der Waals surface area contributed by atoms with Gasteiger partial charge in [-0.1, -0.05) is 0 Å². The summed E-state index contributed by atoms with van der Waals surface area (Å²) >= 11 is 0. The molecule has 0 unspecified atom stereocenters. The molecule has 0 spiro atoms. The molecule has 0 fully saturated rings. The largest absolute Gasteiger partial charge is 0.462 e. The number of nitrogens with zero attached hydrogens (tertiary/aromatic N) is 2. The molecule has 2 aromatic rings. The quantitative estimate of drug-likeness (QED) is 0.788. The molecule has 0 amide bonds. The minimum atomic E-state index is -0.436. The second-order valence-electron chi connectivity index (χ2n) is 4.41. The highest BCUT2D eigenvalue weighted by Gasteiger charge is 2.12. The summed E-state index contributed by atoms with van der Waals surface area (Å²) in [4.78, 5) is 19.9. The zero-order valence-corrected chi connectivity index (χ0v) is 11.9. The number of rotatable bonds is 6. The van der Waals surface area contributed by atoms with Crippen molar-refractivity contribution in [1.29, 1.82) is 0 Å². The van der Waals surface area contributed by atoms with Gasteiger partial charge in [-0.3, -0.25) is 4.98 Å². The number of nitrogens with one attached hydrogen (secondary N) is 1. The number of carbonyl (C=O) groups is 1. The number of esters is 1. The van der Waals surface area contributed by atoms with Crippen molar-refractivity contribution in [2.75, 3.05) is 24.2 Å². The van der Waals surface area contributed by atoms with Crippen LogP contribution < -0.4 is 11.1 Å². The van der Waals surface area contributed by atoms with Crippen molar-refractivity contribution in [1.82, 2.24) is 9.97 Å². The third-order valence-electron chi connectivity index (χ3n) is 2.90. The molecule has 2 rings (SSSR count). The molecule has 2 aromatic heterocycles. The van der Waals surface area contributed by atoms with Gasteiger partial charge in [0.1, 0.15) is 5.82 Å². The first kappa shape index (κ1) is 14.8. The third-order valence-corrected chi connectivity index (χ3v) is 2.90. The normalized spacial score (nSPS) is 10.1. The summed E-state index contributed by atoms with van der Waals surface area (Å²) in [6, 6.07) is 5.53. The van der Waals surface area contributed by atoms with E-state index in [1.54, 1.807) is 25.4 Å². The van der Waals surface area contributed by atoms with Gasteiger partial charge in [0.2, 0.25) is 0 Å². The molecule has 0 bridgehead atoms. The summed E-state index contributed by atoms with van der Waals surface area (Å²) in [5.74, 6) is 0.163. The monoisotopic (exact) mass is 286 g/mol. The highest BCUT2D eigenvalue weighted by atomic mass is 16.5. The smallest absolute Gasteiger partial charge is 0.340 e. The van der Waals surface area contributed by atoms with Crippen LogP contribution >= 0.6 is 0 Å². The fraction of sp³-hybridized carbons (Fsp3) is 0.267. The van der Waals surface area contributed by atoms with Crippen LogP contribution in [-0.4, -0.2) is 29.1 Å². The topological polar surface area (TPSA) is 90.1 Å². The number of hydrogen-bond acceptors (Lipinski definition) is 6. The molecular weight excluding hydrogens is 268 g/mol. The van der Waals surface area contributed by atoms with E-state index in [2.05, 4.69) is 15.3 Å². The van der Waals surface area contributed by atoms with Gasteiger partial charge in [0, 0.05) is 18.9 Å². The van der Waals surface area contributed by atoms with Gasteiger partial charge < -0.3 is 15.8 Å². The Morgan fingerprint density at radius 2 is 2.14 bits per heavy atom. The Hall–Kier alpha value is -2.63. The van der Waals surface area contributed by atoms with Crippen LogP contribution in [0.2, 0.25) is 0 Å². The van der Waals surface area contributed by atoms with Crippen molar-refractivity contribution >= 4 is 17.5 Å².